The van der Waals surface area contributed by atoms with Crippen LogP contribution in [0.1, 0.15) is 0 Å². The predicted molar refractivity (Wildman–Crippen MR) is 91.8 cm³/mol. The van der Waals surface area contributed by atoms with Gasteiger partial charge in [0.2, 0.25) is 0 Å². The van der Waals surface area contributed by atoms with E-state index in [0.717, 1.165) is 17.5 Å². The van der Waals surface area contributed by atoms with E-state index in [4.69, 9.17) is 0 Å². The lowest BCUT2D eigenvalue weighted by atomic mass is 10.2. The monoisotopic (exact) mass is 343 g/mol. The van der Waals surface area contributed by atoms with Crippen LogP contribution in [0.2, 0.25) is 0 Å². The van der Waals surface area contributed by atoms with Gasteiger partial charge < -0.3 is 9.88 Å². The van der Waals surface area contributed by atoms with E-state index in [1.807, 2.05) is 23.7 Å². The van der Waals surface area contributed by atoms with E-state index in [1.54, 1.807) is 30.6 Å². The van der Waals surface area contributed by atoms with Crippen molar-refractivity contribution in [2.75, 3.05) is 5.32 Å². The lowest BCUT2D eigenvalue weighted by Gasteiger charge is -2.08. The van der Waals surface area contributed by atoms with Crippen LogP contribution >= 0.6 is 11.9 Å². The molecule has 3 aromatic rings. The summed E-state index contributed by atoms with van der Waals surface area (Å²) in [5, 5.41) is 13.7. The third-order valence-corrected chi connectivity index (χ3v) is 4.17. The first-order valence-electron chi connectivity index (χ1n) is 6.93. The average Bonchev–Trinajstić information content (AvgIpc) is 2.96. The van der Waals surface area contributed by atoms with Gasteiger partial charge in [-0.2, -0.15) is 0 Å². The van der Waals surface area contributed by atoms with Crippen LogP contribution in [0, 0.1) is 10.1 Å². The number of urea groups is 1. The summed E-state index contributed by atoms with van der Waals surface area (Å²) in [5.74, 6) is 0. The Hall–Kier alpha value is -3.07. The number of anilines is 1. The van der Waals surface area contributed by atoms with Crippen LogP contribution in [0.3, 0.4) is 0 Å². The normalized spacial score (nSPS) is 10.5. The second-order valence-electron chi connectivity index (χ2n) is 4.91. The number of aryl methyl sites for hydroxylation is 1. The van der Waals surface area contributed by atoms with Gasteiger partial charge in [-0.1, -0.05) is 18.2 Å². The number of nitrogens with one attached hydrogen (secondary N) is 2. The first-order chi connectivity index (χ1) is 11.6. The molecule has 3 rings (SSSR count). The maximum absolute atomic E-state index is 12.1. The van der Waals surface area contributed by atoms with Crippen molar-refractivity contribution in [3.8, 4) is 0 Å². The van der Waals surface area contributed by atoms with E-state index >= 15 is 0 Å². The molecule has 0 aliphatic heterocycles. The third kappa shape index (κ3) is 3.15. The van der Waals surface area contributed by atoms with Crippen LogP contribution in [0.15, 0.2) is 53.7 Å². The molecule has 0 spiro atoms. The number of amides is 2. The number of rotatable bonds is 4. The zero-order chi connectivity index (χ0) is 17.1. The van der Waals surface area contributed by atoms with Crippen molar-refractivity contribution in [2.24, 2.45) is 7.05 Å². The fraction of sp³-hybridized carbons (Fsp3) is 0.0667. The van der Waals surface area contributed by atoms with E-state index in [1.165, 1.54) is 6.07 Å². The number of nitrogens with zero attached hydrogens (tertiary/aromatic N) is 3. The molecule has 2 N–H and O–H groups in total. The van der Waals surface area contributed by atoms with Crippen molar-refractivity contribution in [1.82, 2.24) is 14.3 Å². The maximum atomic E-state index is 12.1. The lowest BCUT2D eigenvalue weighted by Crippen LogP contribution is -2.23. The Kier molecular flexibility index (Phi) is 4.34. The summed E-state index contributed by atoms with van der Waals surface area (Å²) in [5.41, 5.74) is 2.06. The zero-order valence-electron chi connectivity index (χ0n) is 12.6. The molecule has 0 aliphatic carbocycles. The Balaban J connectivity index is 1.71. The number of hydrogen-bond donors (Lipinski definition) is 2. The first-order valence-corrected chi connectivity index (χ1v) is 7.75. The quantitative estimate of drug-likeness (QED) is 0.430. The van der Waals surface area contributed by atoms with Gasteiger partial charge in [0.05, 0.1) is 22.5 Å². The molecule has 24 heavy (non-hydrogen) atoms. The van der Waals surface area contributed by atoms with Gasteiger partial charge >= 0.3 is 6.03 Å². The second-order valence-corrected chi connectivity index (χ2v) is 5.76. The Morgan fingerprint density at radius 2 is 2.04 bits per heavy atom. The van der Waals surface area contributed by atoms with Crippen LogP contribution in [0.4, 0.5) is 16.2 Å². The molecular formula is C15H13N5O3S. The summed E-state index contributed by atoms with van der Waals surface area (Å²) < 4.78 is 4.39. The largest absolute Gasteiger partial charge is 0.334 e. The minimum atomic E-state index is -0.490. The molecule has 0 radical (unpaired) electrons. The van der Waals surface area contributed by atoms with Crippen molar-refractivity contribution < 1.29 is 9.72 Å². The second kappa shape index (κ2) is 6.59. The highest BCUT2D eigenvalue weighted by molar-refractivity contribution is 7.98. The van der Waals surface area contributed by atoms with E-state index in [9.17, 15) is 14.9 Å². The molecule has 8 nitrogen and oxygen atoms in total. The van der Waals surface area contributed by atoms with Crippen molar-refractivity contribution >= 4 is 40.4 Å². The molecule has 0 saturated carbocycles. The molecule has 1 aromatic heterocycles. The van der Waals surface area contributed by atoms with Crippen molar-refractivity contribution in [3.63, 3.8) is 0 Å². The van der Waals surface area contributed by atoms with Crippen molar-refractivity contribution in [3.05, 3.63) is 58.9 Å². The summed E-state index contributed by atoms with van der Waals surface area (Å²) in [4.78, 5) is 27.1. The first kappa shape index (κ1) is 15.8. The number of fused-ring (bicyclic) bond motifs is 1. The van der Waals surface area contributed by atoms with Crippen molar-refractivity contribution in [1.29, 1.82) is 0 Å². The topological polar surface area (TPSA) is 102 Å². The molecular weight excluding hydrogens is 330 g/mol. The number of nitro groups is 1. The van der Waals surface area contributed by atoms with Gasteiger partial charge in [-0.3, -0.25) is 14.8 Å². The minimum Gasteiger partial charge on any atom is -0.334 e. The number of carbonyl (C=O) groups excluding carboxylic acids is 1. The molecule has 0 unspecified atom stereocenters. The van der Waals surface area contributed by atoms with Crippen molar-refractivity contribution in [2.45, 2.75) is 4.90 Å². The fourth-order valence-electron chi connectivity index (χ4n) is 2.20. The Labute approximate surface area is 141 Å². The van der Waals surface area contributed by atoms with Gasteiger partial charge in [-0.15, -0.1) is 0 Å². The van der Waals surface area contributed by atoms with E-state index in [-0.39, 0.29) is 5.69 Å². The lowest BCUT2D eigenvalue weighted by molar-refractivity contribution is -0.387. The Morgan fingerprint density at radius 1 is 1.25 bits per heavy atom. The SMILES string of the molecule is Cn1cnc2c(NC(=O)NSc3ccccc3[N+](=O)[O-])cccc21. The highest BCUT2D eigenvalue weighted by Gasteiger charge is 2.15. The molecule has 0 saturated heterocycles. The molecule has 0 fully saturated rings. The average molecular weight is 343 g/mol. The smallest absolute Gasteiger partial charge is 0.329 e. The van der Waals surface area contributed by atoms with Gasteiger partial charge in [-0.25, -0.2) is 9.78 Å². The summed E-state index contributed by atoms with van der Waals surface area (Å²) in [6, 6.07) is 11.2. The van der Waals surface area contributed by atoms with E-state index in [2.05, 4.69) is 15.0 Å². The minimum absolute atomic E-state index is 0.0605. The molecule has 122 valence electrons. The van der Waals surface area contributed by atoms with E-state index in [0.29, 0.717) is 16.1 Å². The van der Waals surface area contributed by atoms with Crippen LogP contribution < -0.4 is 10.0 Å². The molecule has 0 aliphatic rings. The molecule has 2 aromatic carbocycles. The number of carbonyl (C=O) groups is 1. The third-order valence-electron chi connectivity index (χ3n) is 3.32. The molecule has 0 bridgehead atoms. The van der Waals surface area contributed by atoms with Gasteiger partial charge in [0, 0.05) is 13.1 Å². The molecule has 9 heteroatoms. The molecule has 0 atom stereocenters. The summed E-state index contributed by atoms with van der Waals surface area (Å²) in [7, 11) is 1.86. The molecule has 2 amide bonds. The predicted octanol–water partition coefficient (Wildman–Crippen LogP) is 3.31. The number of benzene rings is 2. The number of hydrogen-bond acceptors (Lipinski definition) is 5. The maximum Gasteiger partial charge on any atom is 0.329 e. The van der Waals surface area contributed by atoms with Gasteiger partial charge in [0.25, 0.3) is 5.69 Å². The zero-order valence-corrected chi connectivity index (χ0v) is 13.4. The van der Waals surface area contributed by atoms with Crippen LogP contribution in [0.5, 0.6) is 0 Å². The number of nitro benzene ring substituents is 1. The summed E-state index contributed by atoms with van der Waals surface area (Å²) >= 11 is 0.884. The Morgan fingerprint density at radius 3 is 2.83 bits per heavy atom. The number of imidazole rings is 1. The molecule has 1 heterocycles. The standard InChI is InChI=1S/C15H13N5O3S/c1-19-9-16-14-10(5-4-7-12(14)19)17-15(21)18-24-13-8-3-2-6-11(13)20(22)23/h2-9H,1H3,(H2,17,18,21). The summed E-state index contributed by atoms with van der Waals surface area (Å²) in [6.07, 6.45) is 1.66. The number of para-hydroxylation sites is 2. The van der Waals surface area contributed by atoms with E-state index < -0.39 is 11.0 Å². The van der Waals surface area contributed by atoms with Crippen LogP contribution in [0.25, 0.3) is 11.0 Å². The Bertz CT molecular complexity index is 924. The highest BCUT2D eigenvalue weighted by atomic mass is 32.2. The van der Waals surface area contributed by atoms with Gasteiger partial charge in [0.1, 0.15) is 10.4 Å². The van der Waals surface area contributed by atoms with Crippen LogP contribution in [-0.2, 0) is 7.05 Å². The van der Waals surface area contributed by atoms with Gasteiger partial charge in [-0.05, 0) is 30.1 Å². The number of aromatic nitrogens is 2. The summed E-state index contributed by atoms with van der Waals surface area (Å²) in [6.45, 7) is 0. The highest BCUT2D eigenvalue weighted by Crippen LogP contribution is 2.27. The van der Waals surface area contributed by atoms with Crippen LogP contribution in [-0.4, -0.2) is 20.5 Å². The fourth-order valence-corrected chi connectivity index (χ4v) is 2.85. The van der Waals surface area contributed by atoms with Gasteiger partial charge in [0.15, 0.2) is 0 Å².